The summed E-state index contributed by atoms with van der Waals surface area (Å²) in [6.45, 7) is 2.42. The third-order valence-corrected chi connectivity index (χ3v) is 1.15. The molecule has 50 valence electrons. The van der Waals surface area contributed by atoms with E-state index in [0.717, 1.165) is 6.42 Å². The lowest BCUT2D eigenvalue weighted by molar-refractivity contribution is 0.282. The van der Waals surface area contributed by atoms with Gasteiger partial charge in [0.15, 0.2) is 0 Å². The van der Waals surface area contributed by atoms with Crippen LogP contribution in [0.4, 0.5) is 0 Å². The summed E-state index contributed by atoms with van der Waals surface area (Å²) in [5, 5.41) is 0. The van der Waals surface area contributed by atoms with Crippen LogP contribution in [0.3, 0.4) is 0 Å². The highest BCUT2D eigenvalue weighted by atomic mass is 32.2. The largest absolute Gasteiger partial charge is 0.304 e. The van der Waals surface area contributed by atoms with Crippen molar-refractivity contribution in [1.29, 1.82) is 0 Å². The maximum atomic E-state index is 10.2. The molecule has 0 N–H and O–H groups in total. The molecule has 0 radical (unpaired) electrons. The van der Waals surface area contributed by atoms with E-state index in [-0.39, 0.29) is 0 Å². The van der Waals surface area contributed by atoms with Crippen LogP contribution in [-0.2, 0) is 19.7 Å². The zero-order chi connectivity index (χ0) is 6.41. The van der Waals surface area contributed by atoms with E-state index in [1.54, 1.807) is 0 Å². The van der Waals surface area contributed by atoms with E-state index >= 15 is 0 Å². The van der Waals surface area contributed by atoms with Crippen molar-refractivity contribution in [2.24, 2.45) is 0 Å². The fourth-order valence-electron chi connectivity index (χ4n) is 0.199. The lowest BCUT2D eigenvalue weighted by atomic mass is 10.5. The van der Waals surface area contributed by atoms with Gasteiger partial charge in [-0.1, -0.05) is 6.92 Å². The van der Waals surface area contributed by atoms with Gasteiger partial charge in [0.2, 0.25) is 0 Å². The maximum absolute atomic E-state index is 10.2. The van der Waals surface area contributed by atoms with Gasteiger partial charge in [0.05, 0.1) is 13.7 Å². The third kappa shape index (κ3) is 4.23. The SMILES string of the molecule is CCCOS(=O)OC. The summed E-state index contributed by atoms with van der Waals surface area (Å²) in [7, 11) is 1.34. The molecule has 0 aliphatic carbocycles. The van der Waals surface area contributed by atoms with Gasteiger partial charge in [0.25, 0.3) is 0 Å². The van der Waals surface area contributed by atoms with Crippen LogP contribution in [0.25, 0.3) is 0 Å². The van der Waals surface area contributed by atoms with Crippen molar-refractivity contribution >= 4 is 11.4 Å². The summed E-state index contributed by atoms with van der Waals surface area (Å²) in [5.74, 6) is 0. The number of hydrogen-bond donors (Lipinski definition) is 0. The minimum absolute atomic E-state index is 0.487. The van der Waals surface area contributed by atoms with Crippen molar-refractivity contribution in [2.75, 3.05) is 13.7 Å². The molecule has 0 rings (SSSR count). The van der Waals surface area contributed by atoms with Crippen LogP contribution in [0.2, 0.25) is 0 Å². The minimum Gasteiger partial charge on any atom is -0.272 e. The molecule has 0 bridgehead atoms. The smallest absolute Gasteiger partial charge is 0.272 e. The lowest BCUT2D eigenvalue weighted by Crippen LogP contribution is -1.98. The third-order valence-electron chi connectivity index (χ3n) is 0.520. The highest BCUT2D eigenvalue weighted by molar-refractivity contribution is 7.75. The first-order valence-electron chi connectivity index (χ1n) is 2.40. The van der Waals surface area contributed by atoms with Gasteiger partial charge < -0.3 is 0 Å². The molecule has 1 atom stereocenters. The topological polar surface area (TPSA) is 35.5 Å². The summed E-state index contributed by atoms with van der Waals surface area (Å²) in [4.78, 5) is 0. The fourth-order valence-corrected chi connectivity index (χ4v) is 0.598. The van der Waals surface area contributed by atoms with Gasteiger partial charge in [-0.2, -0.15) is 4.21 Å². The van der Waals surface area contributed by atoms with Crippen molar-refractivity contribution < 1.29 is 12.6 Å². The Kier molecular flexibility index (Phi) is 5.26. The zero-order valence-corrected chi connectivity index (χ0v) is 5.86. The first-order valence-corrected chi connectivity index (χ1v) is 3.40. The Labute approximate surface area is 51.9 Å². The molecule has 0 amide bonds. The molecule has 0 fully saturated rings. The lowest BCUT2D eigenvalue weighted by Gasteiger charge is -1.94. The zero-order valence-electron chi connectivity index (χ0n) is 5.05. The van der Waals surface area contributed by atoms with Gasteiger partial charge in [-0.05, 0) is 6.42 Å². The summed E-state index contributed by atoms with van der Waals surface area (Å²) >= 11 is -1.53. The van der Waals surface area contributed by atoms with Gasteiger partial charge >= 0.3 is 11.4 Å². The maximum Gasteiger partial charge on any atom is 0.304 e. The van der Waals surface area contributed by atoms with E-state index in [4.69, 9.17) is 0 Å². The van der Waals surface area contributed by atoms with Crippen molar-refractivity contribution in [3.8, 4) is 0 Å². The van der Waals surface area contributed by atoms with E-state index in [1.165, 1.54) is 7.11 Å². The minimum atomic E-state index is -1.53. The van der Waals surface area contributed by atoms with Crippen LogP contribution in [-0.4, -0.2) is 17.9 Å². The van der Waals surface area contributed by atoms with Gasteiger partial charge in [-0.3, -0.25) is 8.37 Å². The van der Waals surface area contributed by atoms with Crippen molar-refractivity contribution in [3.63, 3.8) is 0 Å². The van der Waals surface area contributed by atoms with Crippen molar-refractivity contribution in [2.45, 2.75) is 13.3 Å². The molecule has 0 aliphatic rings. The molecule has 4 heteroatoms. The molecule has 1 unspecified atom stereocenters. The van der Waals surface area contributed by atoms with Crippen LogP contribution < -0.4 is 0 Å². The number of rotatable bonds is 4. The summed E-state index contributed by atoms with van der Waals surface area (Å²) < 4.78 is 19.1. The van der Waals surface area contributed by atoms with E-state index in [2.05, 4.69) is 8.37 Å². The van der Waals surface area contributed by atoms with E-state index in [1.807, 2.05) is 6.92 Å². The average molecular weight is 138 g/mol. The molecular formula is C4H10O3S. The predicted molar refractivity (Wildman–Crippen MR) is 31.4 cm³/mol. The second kappa shape index (κ2) is 5.21. The van der Waals surface area contributed by atoms with Crippen molar-refractivity contribution in [3.05, 3.63) is 0 Å². The standard InChI is InChI=1S/C4H10O3S/c1-3-4-7-8(5)6-2/h3-4H2,1-2H3. The second-order valence-electron chi connectivity index (χ2n) is 1.19. The Balaban J connectivity index is 2.99. The Morgan fingerprint density at radius 2 is 2.25 bits per heavy atom. The van der Waals surface area contributed by atoms with Crippen LogP contribution in [0.1, 0.15) is 13.3 Å². The molecule has 0 aromatic heterocycles. The number of hydrogen-bond acceptors (Lipinski definition) is 3. The molecule has 0 spiro atoms. The summed E-state index contributed by atoms with van der Waals surface area (Å²) in [6.07, 6.45) is 0.856. The Morgan fingerprint density at radius 1 is 1.62 bits per heavy atom. The molecule has 0 aromatic rings. The fraction of sp³-hybridized carbons (Fsp3) is 1.00. The highest BCUT2D eigenvalue weighted by Crippen LogP contribution is 1.86. The van der Waals surface area contributed by atoms with Gasteiger partial charge in [-0.15, -0.1) is 0 Å². The van der Waals surface area contributed by atoms with Crippen LogP contribution in [0, 0.1) is 0 Å². The average Bonchev–Trinajstić information content (AvgIpc) is 1.83. The summed E-state index contributed by atoms with van der Waals surface area (Å²) in [5.41, 5.74) is 0. The predicted octanol–water partition coefficient (Wildman–Crippen LogP) is 0.638. The molecule has 0 aromatic carbocycles. The highest BCUT2D eigenvalue weighted by Gasteiger charge is 1.92. The van der Waals surface area contributed by atoms with Crippen LogP contribution in [0.5, 0.6) is 0 Å². The van der Waals surface area contributed by atoms with Gasteiger partial charge in [0.1, 0.15) is 0 Å². The molecule has 0 saturated carbocycles. The van der Waals surface area contributed by atoms with Gasteiger partial charge in [-0.25, -0.2) is 0 Å². The monoisotopic (exact) mass is 138 g/mol. The van der Waals surface area contributed by atoms with Gasteiger partial charge in [0, 0.05) is 0 Å². The van der Waals surface area contributed by atoms with Crippen molar-refractivity contribution in [1.82, 2.24) is 0 Å². The first-order chi connectivity index (χ1) is 3.81. The van der Waals surface area contributed by atoms with E-state index < -0.39 is 11.4 Å². The molecule has 0 aliphatic heterocycles. The molecule has 0 saturated heterocycles. The Hall–Kier alpha value is 0.0700. The Bertz CT molecular complexity index is 73.7. The summed E-state index contributed by atoms with van der Waals surface area (Å²) in [6, 6.07) is 0. The quantitative estimate of drug-likeness (QED) is 0.572. The van der Waals surface area contributed by atoms with E-state index in [0.29, 0.717) is 6.61 Å². The molecular weight excluding hydrogens is 128 g/mol. The first kappa shape index (κ1) is 8.07. The van der Waals surface area contributed by atoms with E-state index in [9.17, 15) is 4.21 Å². The van der Waals surface area contributed by atoms with Crippen LogP contribution in [0.15, 0.2) is 0 Å². The molecule has 3 nitrogen and oxygen atoms in total. The normalized spacial score (nSPS) is 13.8. The van der Waals surface area contributed by atoms with Crippen LogP contribution >= 0.6 is 0 Å². The molecule has 8 heavy (non-hydrogen) atoms. The second-order valence-corrected chi connectivity index (χ2v) is 2.17. The molecule has 0 heterocycles. The Morgan fingerprint density at radius 3 is 2.62 bits per heavy atom.